The molecule has 0 aromatic heterocycles. The van der Waals surface area contributed by atoms with Crippen molar-refractivity contribution in [2.24, 2.45) is 4.99 Å². The average molecular weight is 355 g/mol. The van der Waals surface area contributed by atoms with Crippen molar-refractivity contribution in [1.82, 2.24) is 4.90 Å². The van der Waals surface area contributed by atoms with E-state index in [2.05, 4.69) is 54.4 Å². The van der Waals surface area contributed by atoms with E-state index in [-0.39, 0.29) is 6.04 Å². The lowest BCUT2D eigenvalue weighted by molar-refractivity contribution is 0.556. The molecule has 2 aliphatic heterocycles. The van der Waals surface area contributed by atoms with E-state index in [1.54, 1.807) is 11.8 Å². The van der Waals surface area contributed by atoms with Gasteiger partial charge < -0.3 is 4.90 Å². The van der Waals surface area contributed by atoms with E-state index in [0.29, 0.717) is 0 Å². The van der Waals surface area contributed by atoms with Crippen LogP contribution in [0.25, 0.3) is 0 Å². The number of fused-ring (bicyclic) bond motifs is 1. The van der Waals surface area contributed by atoms with Crippen LogP contribution in [0.1, 0.15) is 29.7 Å². The molecular weight excluding hydrogens is 336 g/mol. The van der Waals surface area contributed by atoms with Crippen LogP contribution < -0.4 is 0 Å². The topological polar surface area (TPSA) is 15.6 Å². The lowest BCUT2D eigenvalue weighted by Crippen LogP contribution is -2.16. The number of nitrogens with zero attached hydrogens (tertiary/aromatic N) is 2. The van der Waals surface area contributed by atoms with Crippen LogP contribution in [-0.2, 0) is 12.8 Å². The van der Waals surface area contributed by atoms with Crippen LogP contribution in [-0.4, -0.2) is 16.6 Å². The Morgan fingerprint density at radius 1 is 1.08 bits per heavy atom. The summed E-state index contributed by atoms with van der Waals surface area (Å²) in [6, 6.07) is 17.2. The molecule has 0 saturated heterocycles. The highest BCUT2D eigenvalue weighted by Crippen LogP contribution is 2.38. The monoisotopic (exact) mass is 354 g/mol. The summed E-state index contributed by atoms with van der Waals surface area (Å²) < 4.78 is 0. The number of aliphatic imine (C=N–C) groups is 1. The summed E-state index contributed by atoms with van der Waals surface area (Å²) in [5, 5.41) is 1.89. The third-order valence-electron chi connectivity index (χ3n) is 4.47. The highest BCUT2D eigenvalue weighted by atomic mass is 35.5. The van der Waals surface area contributed by atoms with Crippen LogP contribution in [0.4, 0.5) is 0 Å². The van der Waals surface area contributed by atoms with Crippen LogP contribution in [0, 0.1) is 0 Å². The second-order valence-electron chi connectivity index (χ2n) is 6.18. The minimum Gasteiger partial charge on any atom is -0.324 e. The number of aryl methyl sites for hydroxylation is 1. The summed E-state index contributed by atoms with van der Waals surface area (Å²) in [6.07, 6.45) is 4.33. The van der Waals surface area contributed by atoms with Crippen molar-refractivity contribution in [3.05, 3.63) is 81.3 Å². The Hall–Kier alpha value is -1.71. The SMILES string of the molecule is CCc1ccc(CC2=CN3CC(c4ccc(Cl)cc4)N=C3S2)cc1. The molecular formula is C20H19ClN2S. The van der Waals surface area contributed by atoms with Crippen LogP contribution in [0.2, 0.25) is 5.02 Å². The predicted molar refractivity (Wildman–Crippen MR) is 104 cm³/mol. The van der Waals surface area contributed by atoms with Crippen molar-refractivity contribution in [3.8, 4) is 0 Å². The second-order valence-corrected chi connectivity index (χ2v) is 7.71. The van der Waals surface area contributed by atoms with Gasteiger partial charge in [-0.3, -0.25) is 4.99 Å². The summed E-state index contributed by atoms with van der Waals surface area (Å²) >= 11 is 7.77. The first-order valence-electron chi connectivity index (χ1n) is 8.27. The van der Waals surface area contributed by atoms with Crippen LogP contribution >= 0.6 is 23.4 Å². The van der Waals surface area contributed by atoms with E-state index in [4.69, 9.17) is 16.6 Å². The van der Waals surface area contributed by atoms with Gasteiger partial charge in [0.05, 0.1) is 12.6 Å². The molecule has 0 N–H and O–H groups in total. The molecule has 2 aliphatic rings. The highest BCUT2D eigenvalue weighted by molar-refractivity contribution is 8.17. The van der Waals surface area contributed by atoms with Gasteiger partial charge in [0, 0.05) is 22.5 Å². The molecule has 0 fully saturated rings. The Labute approximate surface area is 152 Å². The number of rotatable bonds is 4. The van der Waals surface area contributed by atoms with E-state index in [0.717, 1.165) is 29.6 Å². The van der Waals surface area contributed by atoms with Crippen LogP contribution in [0.3, 0.4) is 0 Å². The quantitative estimate of drug-likeness (QED) is 0.725. The van der Waals surface area contributed by atoms with Gasteiger partial charge in [0.2, 0.25) is 0 Å². The number of benzene rings is 2. The minimum absolute atomic E-state index is 0.214. The third kappa shape index (κ3) is 3.24. The number of hydrogen-bond donors (Lipinski definition) is 0. The first-order valence-corrected chi connectivity index (χ1v) is 9.47. The molecule has 0 radical (unpaired) electrons. The van der Waals surface area contributed by atoms with Gasteiger partial charge in [0.15, 0.2) is 5.17 Å². The minimum atomic E-state index is 0.214. The fourth-order valence-corrected chi connectivity index (χ4v) is 4.27. The van der Waals surface area contributed by atoms with Crippen molar-refractivity contribution in [2.75, 3.05) is 6.54 Å². The Bertz CT molecular complexity index is 793. The molecule has 2 aromatic carbocycles. The summed E-state index contributed by atoms with van der Waals surface area (Å²) in [6.45, 7) is 3.11. The van der Waals surface area contributed by atoms with Crippen molar-refractivity contribution in [3.63, 3.8) is 0 Å². The van der Waals surface area contributed by atoms with Crippen molar-refractivity contribution < 1.29 is 0 Å². The normalized spacial score (nSPS) is 19.2. The lowest BCUT2D eigenvalue weighted by Gasteiger charge is -2.11. The summed E-state index contributed by atoms with van der Waals surface area (Å²) in [4.78, 5) is 8.53. The van der Waals surface area contributed by atoms with Crippen LogP contribution in [0.15, 0.2) is 64.6 Å². The lowest BCUT2D eigenvalue weighted by atomic mass is 10.1. The zero-order chi connectivity index (χ0) is 16.5. The number of amidine groups is 1. The number of hydrogen-bond acceptors (Lipinski definition) is 3. The van der Waals surface area contributed by atoms with Crippen molar-refractivity contribution in [2.45, 2.75) is 25.8 Å². The fourth-order valence-electron chi connectivity index (χ4n) is 3.06. The zero-order valence-corrected chi connectivity index (χ0v) is 15.1. The molecule has 0 saturated carbocycles. The van der Waals surface area contributed by atoms with Gasteiger partial charge in [-0.2, -0.15) is 0 Å². The van der Waals surface area contributed by atoms with E-state index < -0.39 is 0 Å². The van der Waals surface area contributed by atoms with E-state index in [9.17, 15) is 0 Å². The first kappa shape index (κ1) is 15.8. The molecule has 1 atom stereocenters. The molecule has 122 valence electrons. The van der Waals surface area contributed by atoms with Gasteiger partial charge in [-0.05, 0) is 35.2 Å². The van der Waals surface area contributed by atoms with Gasteiger partial charge in [0.1, 0.15) is 0 Å². The third-order valence-corrected chi connectivity index (χ3v) is 5.75. The van der Waals surface area contributed by atoms with Crippen LogP contribution in [0.5, 0.6) is 0 Å². The maximum absolute atomic E-state index is 5.97. The maximum Gasteiger partial charge on any atom is 0.168 e. The first-order chi connectivity index (χ1) is 11.7. The second kappa shape index (κ2) is 6.66. The zero-order valence-electron chi connectivity index (χ0n) is 13.6. The summed E-state index contributed by atoms with van der Waals surface area (Å²) in [5.41, 5.74) is 3.98. The summed E-state index contributed by atoms with van der Waals surface area (Å²) in [7, 11) is 0. The van der Waals surface area contributed by atoms with E-state index in [1.165, 1.54) is 21.6 Å². The largest absolute Gasteiger partial charge is 0.324 e. The van der Waals surface area contributed by atoms with Gasteiger partial charge in [-0.1, -0.05) is 66.7 Å². The number of allylic oxidation sites excluding steroid dienone is 1. The molecule has 2 nitrogen and oxygen atoms in total. The molecule has 0 amide bonds. The molecule has 2 aromatic rings. The predicted octanol–water partition coefficient (Wildman–Crippen LogP) is 5.45. The van der Waals surface area contributed by atoms with E-state index >= 15 is 0 Å². The molecule has 4 rings (SSSR count). The van der Waals surface area contributed by atoms with Gasteiger partial charge in [-0.15, -0.1) is 0 Å². The molecule has 2 heterocycles. The van der Waals surface area contributed by atoms with Crippen molar-refractivity contribution in [1.29, 1.82) is 0 Å². The Morgan fingerprint density at radius 2 is 1.79 bits per heavy atom. The molecule has 4 heteroatoms. The Kier molecular flexibility index (Phi) is 4.38. The fraction of sp³-hybridized carbons (Fsp3) is 0.250. The molecule has 0 bridgehead atoms. The smallest absolute Gasteiger partial charge is 0.168 e. The average Bonchev–Trinajstić information content (AvgIpc) is 3.14. The van der Waals surface area contributed by atoms with Gasteiger partial charge >= 0.3 is 0 Å². The molecule has 1 unspecified atom stereocenters. The molecule has 0 spiro atoms. The summed E-state index contributed by atoms with van der Waals surface area (Å²) in [5.74, 6) is 0. The Morgan fingerprint density at radius 3 is 2.46 bits per heavy atom. The standard InChI is InChI=1S/C20H19ClN2S/c1-2-14-3-5-15(6-4-14)11-18-12-23-13-19(22-20(23)24-18)16-7-9-17(21)10-8-16/h3-10,12,19H,2,11,13H2,1H3. The Balaban J connectivity index is 1.42. The van der Waals surface area contributed by atoms with Gasteiger partial charge in [-0.25, -0.2) is 0 Å². The highest BCUT2D eigenvalue weighted by Gasteiger charge is 2.30. The maximum atomic E-state index is 5.97. The number of halogens is 1. The molecule has 0 aliphatic carbocycles. The van der Waals surface area contributed by atoms with Crippen molar-refractivity contribution >= 4 is 28.5 Å². The number of thioether (sulfide) groups is 1. The van der Waals surface area contributed by atoms with E-state index in [1.807, 2.05) is 12.1 Å². The molecule has 24 heavy (non-hydrogen) atoms. The van der Waals surface area contributed by atoms with Gasteiger partial charge in [0.25, 0.3) is 0 Å².